The molecule has 2 atom stereocenters. The molecule has 0 aliphatic carbocycles. The molecule has 2 saturated heterocycles. The van der Waals surface area contributed by atoms with Crippen LogP contribution >= 0.6 is 0 Å². The summed E-state index contributed by atoms with van der Waals surface area (Å²) in [7, 11) is 0. The Hall–Kier alpha value is -2.66. The van der Waals surface area contributed by atoms with Gasteiger partial charge in [-0.2, -0.15) is 0 Å². The van der Waals surface area contributed by atoms with Gasteiger partial charge in [-0.1, -0.05) is 32.8 Å². The van der Waals surface area contributed by atoms with E-state index < -0.39 is 5.41 Å². The first-order valence-corrected chi connectivity index (χ1v) is 12.9. The van der Waals surface area contributed by atoms with E-state index in [0.717, 1.165) is 66.9 Å². The van der Waals surface area contributed by atoms with Gasteiger partial charge in [0.1, 0.15) is 0 Å². The molecule has 2 fully saturated rings. The lowest BCUT2D eigenvalue weighted by Gasteiger charge is -2.31. The van der Waals surface area contributed by atoms with Crippen LogP contribution in [0.3, 0.4) is 0 Å². The molecule has 1 amide bonds. The van der Waals surface area contributed by atoms with Crippen LogP contribution in [0.5, 0.6) is 0 Å². The number of amides is 1. The molecule has 0 radical (unpaired) electrons. The van der Waals surface area contributed by atoms with E-state index in [0.29, 0.717) is 5.92 Å². The summed E-state index contributed by atoms with van der Waals surface area (Å²) in [6.45, 7) is 11.5. The van der Waals surface area contributed by atoms with E-state index in [1.807, 2.05) is 13.1 Å². The van der Waals surface area contributed by atoms with Gasteiger partial charge in [0.25, 0.3) is 0 Å². The molecule has 5 heteroatoms. The fraction of sp³-hybridized carbons (Fsp3) is 0.517. The second-order valence-electron chi connectivity index (χ2n) is 11.2. The average molecular weight is 459 g/mol. The second kappa shape index (κ2) is 8.84. The van der Waals surface area contributed by atoms with E-state index in [-0.39, 0.29) is 11.3 Å². The van der Waals surface area contributed by atoms with Gasteiger partial charge in [-0.25, -0.2) is 0 Å². The molecule has 5 nitrogen and oxygen atoms in total. The van der Waals surface area contributed by atoms with E-state index >= 15 is 0 Å². The summed E-state index contributed by atoms with van der Waals surface area (Å²) in [5.74, 6) is 0.524. The summed E-state index contributed by atoms with van der Waals surface area (Å²) in [5.41, 5.74) is 6.60. The Morgan fingerprint density at radius 1 is 1.03 bits per heavy atom. The van der Waals surface area contributed by atoms with Crippen molar-refractivity contribution in [3.63, 3.8) is 0 Å². The molecule has 1 aromatic carbocycles. The van der Waals surface area contributed by atoms with Crippen LogP contribution in [0.4, 0.5) is 0 Å². The summed E-state index contributed by atoms with van der Waals surface area (Å²) < 4.78 is 0. The van der Waals surface area contributed by atoms with Crippen LogP contribution < -0.4 is 10.6 Å². The van der Waals surface area contributed by atoms with Crippen molar-refractivity contribution in [2.24, 2.45) is 5.41 Å². The predicted octanol–water partition coefficient (Wildman–Crippen LogP) is 5.59. The number of carbonyl (C=O) groups is 1. The van der Waals surface area contributed by atoms with Crippen molar-refractivity contribution < 1.29 is 4.79 Å². The van der Waals surface area contributed by atoms with Crippen LogP contribution in [0, 0.1) is 12.3 Å². The minimum atomic E-state index is -0.523. The molecule has 4 heterocycles. The van der Waals surface area contributed by atoms with Crippen LogP contribution in [-0.2, 0) is 10.2 Å². The first kappa shape index (κ1) is 23.1. The number of hydrogen-bond donors (Lipinski definition) is 3. The van der Waals surface area contributed by atoms with Crippen molar-refractivity contribution in [1.29, 1.82) is 0 Å². The zero-order valence-corrected chi connectivity index (χ0v) is 21.1. The van der Waals surface area contributed by atoms with Gasteiger partial charge in [-0.15, -0.1) is 0 Å². The zero-order chi connectivity index (χ0) is 23.9. The second-order valence-corrected chi connectivity index (χ2v) is 11.2. The number of aromatic amines is 1. The first-order chi connectivity index (χ1) is 16.3. The molecule has 2 aliphatic rings. The number of pyridine rings is 1. The third-order valence-corrected chi connectivity index (χ3v) is 8.33. The normalized spacial score (nSPS) is 26.0. The molecule has 0 bridgehead atoms. The molecular weight excluding hydrogens is 420 g/mol. The maximum Gasteiger partial charge on any atom is 0.230 e. The number of nitrogens with zero attached hydrogens (tertiary/aromatic N) is 1. The van der Waals surface area contributed by atoms with Crippen LogP contribution in [-0.4, -0.2) is 35.5 Å². The summed E-state index contributed by atoms with van der Waals surface area (Å²) in [6.07, 6.45) is 7.37. The summed E-state index contributed by atoms with van der Waals surface area (Å²) in [4.78, 5) is 21.7. The third kappa shape index (κ3) is 4.04. The van der Waals surface area contributed by atoms with Gasteiger partial charge in [-0.3, -0.25) is 9.78 Å². The summed E-state index contributed by atoms with van der Waals surface area (Å²) in [5, 5.41) is 8.12. The number of aryl methyl sites for hydroxylation is 1. The largest absolute Gasteiger partial charge is 0.355 e. The number of aromatic nitrogens is 2. The molecule has 2 unspecified atom stereocenters. The molecule has 3 aromatic rings. The number of carbonyl (C=O) groups excluding carboxylic acids is 1. The van der Waals surface area contributed by atoms with E-state index in [9.17, 15) is 4.79 Å². The highest BCUT2D eigenvalue weighted by atomic mass is 16.2. The highest BCUT2D eigenvalue weighted by Gasteiger charge is 2.40. The Bertz CT molecular complexity index is 1200. The molecule has 180 valence electrons. The number of hydrogen-bond acceptors (Lipinski definition) is 3. The maximum absolute atomic E-state index is 13.7. The van der Waals surface area contributed by atoms with Crippen molar-refractivity contribution >= 4 is 16.8 Å². The van der Waals surface area contributed by atoms with E-state index in [4.69, 9.17) is 0 Å². The average Bonchev–Trinajstić information content (AvgIpc) is 3.45. The van der Waals surface area contributed by atoms with Crippen molar-refractivity contribution in [2.75, 3.05) is 19.6 Å². The van der Waals surface area contributed by atoms with Crippen molar-refractivity contribution in [3.05, 3.63) is 53.3 Å². The zero-order valence-electron chi connectivity index (χ0n) is 21.1. The molecule has 5 rings (SSSR count). The van der Waals surface area contributed by atoms with E-state index in [1.54, 1.807) is 0 Å². The molecule has 34 heavy (non-hydrogen) atoms. The van der Waals surface area contributed by atoms with Crippen molar-refractivity contribution in [1.82, 2.24) is 20.6 Å². The monoisotopic (exact) mass is 458 g/mol. The fourth-order valence-corrected chi connectivity index (χ4v) is 6.16. The van der Waals surface area contributed by atoms with Crippen LogP contribution in [0.2, 0.25) is 0 Å². The highest BCUT2D eigenvalue weighted by molar-refractivity contribution is 5.94. The standard InChI is InChI=1S/C29H38N4O/c1-19(2)25-23-16-22(7-8-24(23)33-26(25)21-9-13-31-20(3)15-21)28(4)10-5-6-11-29(12-14-30-17-29)18-32-27(28)34/h7-9,13,15-16,19,30,33H,5-6,10-12,14,17-18H2,1-4H3,(H,32,34). The fourth-order valence-electron chi connectivity index (χ4n) is 6.16. The maximum atomic E-state index is 13.7. The lowest BCUT2D eigenvalue weighted by atomic mass is 9.76. The van der Waals surface area contributed by atoms with Gasteiger partial charge < -0.3 is 15.6 Å². The molecule has 3 N–H and O–H groups in total. The number of rotatable bonds is 3. The lowest BCUT2D eigenvalue weighted by molar-refractivity contribution is -0.126. The van der Waals surface area contributed by atoms with Gasteiger partial charge in [0, 0.05) is 46.9 Å². The Morgan fingerprint density at radius 2 is 1.85 bits per heavy atom. The van der Waals surface area contributed by atoms with Gasteiger partial charge >= 0.3 is 0 Å². The van der Waals surface area contributed by atoms with Crippen LogP contribution in [0.25, 0.3) is 22.2 Å². The van der Waals surface area contributed by atoms with Gasteiger partial charge in [0.2, 0.25) is 5.91 Å². The lowest BCUT2D eigenvalue weighted by Crippen LogP contribution is -2.46. The number of nitrogens with one attached hydrogen (secondary N) is 3. The molecule has 2 aromatic heterocycles. The molecule has 2 aliphatic heterocycles. The Labute approximate surface area is 203 Å². The molecule has 1 spiro atoms. The Balaban J connectivity index is 1.55. The Kier molecular flexibility index (Phi) is 6.01. The first-order valence-electron chi connectivity index (χ1n) is 12.9. The van der Waals surface area contributed by atoms with Crippen molar-refractivity contribution in [2.45, 2.75) is 71.1 Å². The summed E-state index contributed by atoms with van der Waals surface area (Å²) >= 11 is 0. The van der Waals surface area contributed by atoms with Crippen molar-refractivity contribution in [3.8, 4) is 11.3 Å². The number of fused-ring (bicyclic) bond motifs is 1. The SMILES string of the molecule is Cc1cc(-c2[nH]c3ccc(C4(C)CCCCC5(CCNC5)CNC4=O)cc3c2C(C)C)ccn1. The van der Waals surface area contributed by atoms with Crippen LogP contribution in [0.1, 0.15) is 75.6 Å². The van der Waals surface area contributed by atoms with Crippen LogP contribution in [0.15, 0.2) is 36.5 Å². The number of H-pyrrole nitrogens is 1. The molecule has 0 saturated carbocycles. The Morgan fingerprint density at radius 3 is 2.59 bits per heavy atom. The smallest absolute Gasteiger partial charge is 0.230 e. The molecular formula is C29H38N4O. The number of benzene rings is 1. The predicted molar refractivity (Wildman–Crippen MR) is 139 cm³/mol. The summed E-state index contributed by atoms with van der Waals surface area (Å²) in [6, 6.07) is 10.8. The minimum Gasteiger partial charge on any atom is -0.355 e. The minimum absolute atomic E-state index is 0.173. The van der Waals surface area contributed by atoms with E-state index in [2.05, 4.69) is 71.7 Å². The van der Waals surface area contributed by atoms with Gasteiger partial charge in [0.05, 0.1) is 11.1 Å². The van der Waals surface area contributed by atoms with Gasteiger partial charge in [-0.05, 0) is 81.0 Å². The van der Waals surface area contributed by atoms with E-state index in [1.165, 1.54) is 23.8 Å². The topological polar surface area (TPSA) is 69.8 Å². The third-order valence-electron chi connectivity index (χ3n) is 8.33. The highest BCUT2D eigenvalue weighted by Crippen LogP contribution is 2.40. The quantitative estimate of drug-likeness (QED) is 0.479. The van der Waals surface area contributed by atoms with Gasteiger partial charge in [0.15, 0.2) is 0 Å².